The van der Waals surface area contributed by atoms with E-state index in [1.807, 2.05) is 25.1 Å². The molecule has 0 radical (unpaired) electrons. The lowest BCUT2D eigenvalue weighted by atomic mass is 10.1. The Morgan fingerprint density at radius 1 is 1.38 bits per heavy atom. The summed E-state index contributed by atoms with van der Waals surface area (Å²) in [7, 11) is 0. The lowest BCUT2D eigenvalue weighted by molar-refractivity contribution is -0.121. The number of halogens is 1. The van der Waals surface area contributed by atoms with Gasteiger partial charge in [0.05, 0.1) is 13.0 Å². The highest BCUT2D eigenvalue weighted by Crippen LogP contribution is 2.31. The molecule has 1 atom stereocenters. The average molecular weight is 313 g/mol. The summed E-state index contributed by atoms with van der Waals surface area (Å²) in [6.07, 6.45) is 2.77. The first-order valence-electron chi connectivity index (χ1n) is 7.28. The predicted molar refractivity (Wildman–Crippen MR) is 87.0 cm³/mol. The van der Waals surface area contributed by atoms with Crippen molar-refractivity contribution in [3.63, 3.8) is 0 Å². The Kier molecular flexibility index (Phi) is 6.99. The van der Waals surface area contributed by atoms with E-state index in [0.29, 0.717) is 25.5 Å². The van der Waals surface area contributed by atoms with E-state index in [4.69, 9.17) is 10.5 Å². The smallest absolute Gasteiger partial charge is 0.223 e. The zero-order valence-electron chi connectivity index (χ0n) is 12.7. The van der Waals surface area contributed by atoms with Crippen LogP contribution in [0.3, 0.4) is 0 Å². The lowest BCUT2D eigenvalue weighted by Crippen LogP contribution is -2.38. The summed E-state index contributed by atoms with van der Waals surface area (Å²) in [5, 5.41) is 2.87. The van der Waals surface area contributed by atoms with Crippen LogP contribution in [0.25, 0.3) is 0 Å². The van der Waals surface area contributed by atoms with Gasteiger partial charge >= 0.3 is 0 Å². The standard InChI is InChI=1S/C16H24N2O2.ClH/c1-11-3-6-14(9-12(11)2)20-8-7-16(19)18-10-15(17)13-4-5-13;/h3,6,9,13,15H,4-5,7-8,10,17H2,1-2H3,(H,18,19);1H. The molecule has 3 N–H and O–H groups in total. The van der Waals surface area contributed by atoms with Gasteiger partial charge in [0, 0.05) is 12.6 Å². The first-order chi connectivity index (χ1) is 9.56. The van der Waals surface area contributed by atoms with E-state index in [2.05, 4.69) is 12.2 Å². The number of rotatable bonds is 7. The van der Waals surface area contributed by atoms with Crippen molar-refractivity contribution < 1.29 is 9.53 Å². The summed E-state index contributed by atoms with van der Waals surface area (Å²) in [6, 6.07) is 6.07. The second kappa shape index (κ2) is 8.25. The van der Waals surface area contributed by atoms with E-state index in [0.717, 1.165) is 5.75 Å². The van der Waals surface area contributed by atoms with E-state index in [1.165, 1.54) is 24.0 Å². The first-order valence-corrected chi connectivity index (χ1v) is 7.28. The molecule has 1 aliphatic rings. The van der Waals surface area contributed by atoms with Crippen molar-refractivity contribution in [2.75, 3.05) is 13.2 Å². The molecule has 5 heteroatoms. The van der Waals surface area contributed by atoms with Crippen LogP contribution in [-0.4, -0.2) is 25.1 Å². The summed E-state index contributed by atoms with van der Waals surface area (Å²) in [5.74, 6) is 1.43. The molecule has 1 aliphatic carbocycles. The molecule has 0 spiro atoms. The molecular weight excluding hydrogens is 288 g/mol. The van der Waals surface area contributed by atoms with Crippen LogP contribution < -0.4 is 15.8 Å². The molecule has 4 nitrogen and oxygen atoms in total. The molecule has 0 aliphatic heterocycles. The zero-order chi connectivity index (χ0) is 14.5. The van der Waals surface area contributed by atoms with Crippen LogP contribution in [0.2, 0.25) is 0 Å². The van der Waals surface area contributed by atoms with E-state index in [-0.39, 0.29) is 24.4 Å². The van der Waals surface area contributed by atoms with Crippen LogP contribution in [0.4, 0.5) is 0 Å². The van der Waals surface area contributed by atoms with Crippen LogP contribution in [-0.2, 0) is 4.79 Å². The van der Waals surface area contributed by atoms with Crippen molar-refractivity contribution in [1.82, 2.24) is 5.32 Å². The summed E-state index contributed by atoms with van der Waals surface area (Å²) >= 11 is 0. The Balaban J connectivity index is 0.00000220. The van der Waals surface area contributed by atoms with E-state index in [9.17, 15) is 4.79 Å². The minimum Gasteiger partial charge on any atom is -0.493 e. The molecule has 1 fully saturated rings. The van der Waals surface area contributed by atoms with Crippen LogP contribution in [0.15, 0.2) is 18.2 Å². The maximum atomic E-state index is 11.7. The van der Waals surface area contributed by atoms with Gasteiger partial charge in [0.15, 0.2) is 0 Å². The third-order valence-corrected chi connectivity index (χ3v) is 3.84. The number of nitrogens with one attached hydrogen (secondary N) is 1. The maximum absolute atomic E-state index is 11.7. The third-order valence-electron chi connectivity index (χ3n) is 3.84. The highest BCUT2D eigenvalue weighted by atomic mass is 35.5. The SMILES string of the molecule is Cc1ccc(OCCC(=O)NCC(N)C2CC2)cc1C.Cl. The Hall–Kier alpha value is -1.26. The molecule has 1 unspecified atom stereocenters. The van der Waals surface area contributed by atoms with Crippen molar-refractivity contribution in [3.05, 3.63) is 29.3 Å². The molecule has 1 aromatic rings. The number of carbonyl (C=O) groups excluding carboxylic acids is 1. The van der Waals surface area contributed by atoms with Gasteiger partial charge in [-0.25, -0.2) is 0 Å². The normalized spacial score (nSPS) is 15.0. The van der Waals surface area contributed by atoms with Crippen LogP contribution in [0.5, 0.6) is 5.75 Å². The summed E-state index contributed by atoms with van der Waals surface area (Å²) in [6.45, 7) is 5.09. The topological polar surface area (TPSA) is 64.3 Å². The highest BCUT2D eigenvalue weighted by Gasteiger charge is 2.28. The lowest BCUT2D eigenvalue weighted by Gasteiger charge is -2.12. The van der Waals surface area contributed by atoms with Gasteiger partial charge in [0.1, 0.15) is 5.75 Å². The van der Waals surface area contributed by atoms with Crippen molar-refractivity contribution in [2.24, 2.45) is 11.7 Å². The maximum Gasteiger partial charge on any atom is 0.223 e. The van der Waals surface area contributed by atoms with E-state index >= 15 is 0 Å². The van der Waals surface area contributed by atoms with Crippen molar-refractivity contribution >= 4 is 18.3 Å². The van der Waals surface area contributed by atoms with Gasteiger partial charge in [-0.05, 0) is 55.9 Å². The molecule has 1 aromatic carbocycles. The number of aryl methyl sites for hydroxylation is 2. The molecular formula is C16H25ClN2O2. The molecule has 0 bridgehead atoms. The number of nitrogens with two attached hydrogens (primary N) is 1. The number of hydrogen-bond acceptors (Lipinski definition) is 3. The fraction of sp³-hybridized carbons (Fsp3) is 0.562. The summed E-state index contributed by atoms with van der Waals surface area (Å²) < 4.78 is 5.59. The zero-order valence-corrected chi connectivity index (χ0v) is 13.5. The number of benzene rings is 1. The van der Waals surface area contributed by atoms with Crippen molar-refractivity contribution in [1.29, 1.82) is 0 Å². The monoisotopic (exact) mass is 312 g/mol. The van der Waals surface area contributed by atoms with Crippen molar-refractivity contribution in [3.8, 4) is 5.75 Å². The predicted octanol–water partition coefficient (Wildman–Crippen LogP) is 2.35. The second-order valence-corrected chi connectivity index (χ2v) is 5.65. The molecule has 21 heavy (non-hydrogen) atoms. The van der Waals surface area contributed by atoms with E-state index in [1.54, 1.807) is 0 Å². The molecule has 1 saturated carbocycles. The van der Waals surface area contributed by atoms with E-state index < -0.39 is 0 Å². The largest absolute Gasteiger partial charge is 0.493 e. The molecule has 1 amide bonds. The number of ether oxygens (including phenoxy) is 1. The summed E-state index contributed by atoms with van der Waals surface area (Å²) in [5.41, 5.74) is 8.37. The second-order valence-electron chi connectivity index (χ2n) is 5.65. The molecule has 118 valence electrons. The number of hydrogen-bond donors (Lipinski definition) is 2. The molecule has 2 rings (SSSR count). The van der Waals surface area contributed by atoms with Gasteiger partial charge in [0.2, 0.25) is 5.91 Å². The quantitative estimate of drug-likeness (QED) is 0.812. The fourth-order valence-electron chi connectivity index (χ4n) is 2.08. The molecule has 0 saturated heterocycles. The minimum atomic E-state index is 0. The van der Waals surface area contributed by atoms with Gasteiger partial charge in [-0.3, -0.25) is 4.79 Å². The first kappa shape index (κ1) is 17.8. The number of carbonyl (C=O) groups is 1. The fourth-order valence-corrected chi connectivity index (χ4v) is 2.08. The van der Waals surface area contributed by atoms with Gasteiger partial charge in [-0.2, -0.15) is 0 Å². The number of amides is 1. The minimum absolute atomic E-state index is 0. The third kappa shape index (κ3) is 5.94. The Bertz CT molecular complexity index is 475. The van der Waals surface area contributed by atoms with Crippen LogP contribution in [0.1, 0.15) is 30.4 Å². The van der Waals surface area contributed by atoms with Gasteiger partial charge in [-0.1, -0.05) is 6.07 Å². The van der Waals surface area contributed by atoms with Gasteiger partial charge in [0.25, 0.3) is 0 Å². The average Bonchev–Trinajstić information content (AvgIpc) is 3.24. The Morgan fingerprint density at radius 2 is 2.10 bits per heavy atom. The highest BCUT2D eigenvalue weighted by molar-refractivity contribution is 5.85. The molecule has 0 heterocycles. The van der Waals surface area contributed by atoms with Gasteiger partial charge < -0.3 is 15.8 Å². The van der Waals surface area contributed by atoms with Crippen molar-refractivity contribution in [2.45, 2.75) is 39.2 Å². The summed E-state index contributed by atoms with van der Waals surface area (Å²) in [4.78, 5) is 11.7. The van der Waals surface area contributed by atoms with Crippen LogP contribution >= 0.6 is 12.4 Å². The Morgan fingerprint density at radius 3 is 2.71 bits per heavy atom. The Labute approximate surface area is 132 Å². The molecule has 0 aromatic heterocycles. The van der Waals surface area contributed by atoms with Gasteiger partial charge in [-0.15, -0.1) is 12.4 Å². The van der Waals surface area contributed by atoms with Crippen LogP contribution in [0, 0.1) is 19.8 Å².